The van der Waals surface area contributed by atoms with Crippen molar-refractivity contribution in [1.82, 2.24) is 4.90 Å². The van der Waals surface area contributed by atoms with E-state index in [9.17, 15) is 9.59 Å². The molecule has 258 valence electrons. The molecule has 1 amide bonds. The first-order valence-corrected chi connectivity index (χ1v) is 22.3. The summed E-state index contributed by atoms with van der Waals surface area (Å²) < 4.78 is 30.8. The lowest BCUT2D eigenvalue weighted by atomic mass is 9.71. The molecule has 1 spiro atoms. The van der Waals surface area contributed by atoms with Gasteiger partial charge in [-0.05, 0) is 90.3 Å². The van der Waals surface area contributed by atoms with Crippen molar-refractivity contribution in [2.45, 2.75) is 123 Å². The Morgan fingerprint density at radius 2 is 1.46 bits per heavy atom. The Bertz CT molecular complexity index is 1350. The number of carbonyl (C=O) groups excluding carboxylic acids is 2. The first-order chi connectivity index (χ1) is 21.2. The topological polar surface area (TPSA) is 83.5 Å². The van der Waals surface area contributed by atoms with Crippen LogP contribution in [0.15, 0.2) is 34.7 Å². The molecule has 0 radical (unpaired) electrons. The van der Waals surface area contributed by atoms with Gasteiger partial charge in [0.05, 0.1) is 29.4 Å². The third-order valence-electron chi connectivity index (χ3n) is 9.59. The average molecular weight is 674 g/mol. The van der Waals surface area contributed by atoms with Crippen molar-refractivity contribution in [2.75, 3.05) is 34.5 Å². The first kappa shape index (κ1) is 37.9. The molecule has 0 bridgehead atoms. The van der Waals surface area contributed by atoms with E-state index in [0.29, 0.717) is 59.9 Å². The molecule has 0 aromatic heterocycles. The van der Waals surface area contributed by atoms with E-state index < -0.39 is 33.6 Å². The molecule has 0 N–H and O–H groups in total. The molecule has 8 nitrogen and oxygen atoms in total. The zero-order chi connectivity index (χ0) is 35.0. The summed E-state index contributed by atoms with van der Waals surface area (Å²) in [4.78, 5) is 30.3. The van der Waals surface area contributed by atoms with Crippen molar-refractivity contribution in [3.8, 4) is 11.5 Å². The lowest BCUT2D eigenvalue weighted by Gasteiger charge is -2.55. The van der Waals surface area contributed by atoms with Crippen molar-refractivity contribution in [1.29, 1.82) is 0 Å². The second-order valence-electron chi connectivity index (χ2n) is 15.6. The lowest BCUT2D eigenvalue weighted by Crippen LogP contribution is -2.61. The highest BCUT2D eigenvalue weighted by atomic mass is 28.4. The highest BCUT2D eigenvalue weighted by Gasteiger charge is 2.58. The number of amides is 1. The number of allylic oxidation sites excluding steroid dienone is 1. The minimum Gasteiger partial charge on any atom is -0.493 e. The zero-order valence-electron chi connectivity index (χ0n) is 31.1. The summed E-state index contributed by atoms with van der Waals surface area (Å²) in [6, 6.07) is 3.99. The Morgan fingerprint density at radius 3 is 1.91 bits per heavy atom. The monoisotopic (exact) mass is 673 g/mol. The number of rotatable bonds is 11. The molecule has 1 aliphatic heterocycles. The molecule has 0 saturated heterocycles. The number of hydrogen-bond acceptors (Lipinski definition) is 7. The van der Waals surface area contributed by atoms with Gasteiger partial charge in [-0.2, -0.15) is 0 Å². The summed E-state index contributed by atoms with van der Waals surface area (Å²) in [6.45, 7) is 26.7. The van der Waals surface area contributed by atoms with Crippen LogP contribution < -0.4 is 9.47 Å². The molecule has 1 aromatic rings. The second-order valence-corrected chi connectivity index (χ2v) is 26.0. The van der Waals surface area contributed by atoms with Gasteiger partial charge in [0.15, 0.2) is 25.6 Å². The Morgan fingerprint density at radius 1 is 0.913 bits per heavy atom. The Balaban J connectivity index is 2.43. The van der Waals surface area contributed by atoms with Crippen LogP contribution in [0.4, 0.5) is 4.79 Å². The minimum absolute atomic E-state index is 0.183. The van der Waals surface area contributed by atoms with Crippen LogP contribution in [-0.4, -0.2) is 73.2 Å². The van der Waals surface area contributed by atoms with E-state index in [1.54, 1.807) is 27.4 Å². The van der Waals surface area contributed by atoms with Crippen molar-refractivity contribution in [3.05, 3.63) is 45.9 Å². The maximum Gasteiger partial charge on any atom is 0.411 e. The zero-order valence-corrected chi connectivity index (χ0v) is 33.1. The fraction of sp³-hybridized carbons (Fsp3) is 0.667. The third-order valence-corrected chi connectivity index (χ3v) is 17.8. The van der Waals surface area contributed by atoms with E-state index in [2.05, 4.69) is 61.2 Å². The number of fused-ring (bicyclic) bond motifs is 2. The van der Waals surface area contributed by atoms with Gasteiger partial charge < -0.3 is 23.4 Å². The Hall–Kier alpha value is -2.57. The van der Waals surface area contributed by atoms with Crippen molar-refractivity contribution in [2.24, 2.45) is 0 Å². The van der Waals surface area contributed by atoms with Crippen LogP contribution in [0.25, 0.3) is 0 Å². The summed E-state index contributed by atoms with van der Waals surface area (Å²) in [7, 11) is 0.138. The molecule has 1 atom stereocenters. The minimum atomic E-state index is -2.44. The van der Waals surface area contributed by atoms with Crippen LogP contribution in [0.2, 0.25) is 36.3 Å². The SMILES string of the molecule is COC1=C([Si](C)(C)C)[C@]2(C(CCO[Si](C(C)C)(C(C)C)C(C)C)=CC1=O)c1cc(OC)c(OC)cc1CCN2C(=O)OC(C)(C)C. The lowest BCUT2D eigenvalue weighted by molar-refractivity contribution is -0.114. The van der Waals surface area contributed by atoms with Crippen LogP contribution in [-0.2, 0) is 30.7 Å². The summed E-state index contributed by atoms with van der Waals surface area (Å²) in [5.74, 6) is 1.29. The normalized spacial score (nSPS) is 19.2. The molecule has 1 aliphatic carbocycles. The third kappa shape index (κ3) is 6.72. The maximum absolute atomic E-state index is 14.4. The Labute approximate surface area is 280 Å². The van der Waals surface area contributed by atoms with Gasteiger partial charge in [-0.3, -0.25) is 9.69 Å². The number of hydrogen-bond donors (Lipinski definition) is 0. The van der Waals surface area contributed by atoms with Crippen molar-refractivity contribution < 1.29 is 33.0 Å². The van der Waals surface area contributed by atoms with Crippen molar-refractivity contribution >= 4 is 28.3 Å². The number of carbonyl (C=O) groups is 2. The predicted molar refractivity (Wildman–Crippen MR) is 190 cm³/mol. The molecule has 46 heavy (non-hydrogen) atoms. The van der Waals surface area contributed by atoms with E-state index in [1.807, 2.05) is 37.8 Å². The number of methoxy groups -OCH3 is 3. The van der Waals surface area contributed by atoms with Gasteiger partial charge in [-0.15, -0.1) is 0 Å². The average Bonchev–Trinajstić information content (AvgIpc) is 2.93. The van der Waals surface area contributed by atoms with Crippen LogP contribution in [0.3, 0.4) is 0 Å². The molecule has 2 aliphatic rings. The van der Waals surface area contributed by atoms with Crippen molar-refractivity contribution in [3.63, 3.8) is 0 Å². The largest absolute Gasteiger partial charge is 0.493 e. The van der Waals surface area contributed by atoms with Crippen LogP contribution in [0.1, 0.15) is 79.9 Å². The van der Waals surface area contributed by atoms with Crippen LogP contribution in [0, 0.1) is 0 Å². The molecule has 3 rings (SSSR count). The summed E-state index contributed by atoms with van der Waals surface area (Å²) >= 11 is 0. The highest BCUT2D eigenvalue weighted by Crippen LogP contribution is 2.56. The standard InChI is InChI=1S/C36H59NO7Si2/c1-23(2)46(24(3)4,25(5)6)43-19-17-27-21-29(38)32(42-12)33(45(13,14)15)36(27)28-22-31(41-11)30(40-10)20-26(28)16-18-37(36)34(39)44-35(7,8)9/h20-25H,16-19H2,1-15H3/t36-/m0/s1. The second kappa shape index (κ2) is 13.9. The Kier molecular flexibility index (Phi) is 11.4. The summed E-state index contributed by atoms with van der Waals surface area (Å²) in [5.41, 5.74) is 2.09. The molecule has 1 aromatic carbocycles. The van der Waals surface area contributed by atoms with Gasteiger partial charge in [0.1, 0.15) is 11.1 Å². The summed E-state index contributed by atoms with van der Waals surface area (Å²) in [6.07, 6.45) is 2.30. The van der Waals surface area contributed by atoms with E-state index in [0.717, 1.165) is 21.9 Å². The van der Waals surface area contributed by atoms with Gasteiger partial charge in [0, 0.05) is 13.2 Å². The molecule has 1 heterocycles. The van der Waals surface area contributed by atoms with Crippen LogP contribution in [0.5, 0.6) is 11.5 Å². The summed E-state index contributed by atoms with van der Waals surface area (Å²) in [5, 5.41) is 0.851. The van der Waals surface area contributed by atoms with Gasteiger partial charge in [0.2, 0.25) is 5.78 Å². The fourth-order valence-electron chi connectivity index (χ4n) is 8.12. The first-order valence-electron chi connectivity index (χ1n) is 16.7. The molecule has 0 saturated carbocycles. The number of ketones is 1. The smallest absolute Gasteiger partial charge is 0.411 e. The van der Waals surface area contributed by atoms with Gasteiger partial charge in [0.25, 0.3) is 0 Å². The molecule has 10 heteroatoms. The molecule has 0 fully saturated rings. The van der Waals surface area contributed by atoms with Gasteiger partial charge in [-0.25, -0.2) is 4.79 Å². The van der Waals surface area contributed by atoms with Gasteiger partial charge in [-0.1, -0.05) is 61.2 Å². The van der Waals surface area contributed by atoms with E-state index in [4.69, 9.17) is 23.4 Å². The van der Waals surface area contributed by atoms with E-state index in [1.165, 1.54) is 0 Å². The van der Waals surface area contributed by atoms with Gasteiger partial charge >= 0.3 is 6.09 Å². The van der Waals surface area contributed by atoms with E-state index in [-0.39, 0.29) is 5.78 Å². The molecular weight excluding hydrogens is 615 g/mol. The highest BCUT2D eigenvalue weighted by molar-refractivity contribution is 6.84. The molecule has 0 unspecified atom stereocenters. The predicted octanol–water partition coefficient (Wildman–Crippen LogP) is 8.56. The molecular formula is C36H59NO7Si2. The number of nitrogens with zero attached hydrogens (tertiary/aromatic N) is 1. The number of ether oxygens (including phenoxy) is 4. The quantitative estimate of drug-likeness (QED) is 0.218. The van der Waals surface area contributed by atoms with Crippen LogP contribution >= 0.6 is 0 Å². The number of benzene rings is 1. The maximum atomic E-state index is 14.4. The van der Waals surface area contributed by atoms with E-state index >= 15 is 0 Å². The fourth-order valence-corrected chi connectivity index (χ4v) is 16.0.